The largest absolute Gasteiger partial charge is 0.465 e. The van der Waals surface area contributed by atoms with Crippen LogP contribution in [0, 0.1) is 40.4 Å². The summed E-state index contributed by atoms with van der Waals surface area (Å²) in [6, 6.07) is 6.89. The zero-order valence-corrected chi connectivity index (χ0v) is 22.9. The van der Waals surface area contributed by atoms with Gasteiger partial charge < -0.3 is 20.2 Å². The summed E-state index contributed by atoms with van der Waals surface area (Å²) in [6.45, 7) is 4.02. The van der Waals surface area contributed by atoms with E-state index in [0.29, 0.717) is 18.4 Å². The monoisotopic (exact) mass is 537 g/mol. The first kappa shape index (κ1) is 27.9. The van der Waals surface area contributed by atoms with Crippen LogP contribution >= 0.6 is 0 Å². The maximum absolute atomic E-state index is 13.2. The standard InChI is InChI=1S/C31H39NO7/c1-30-10-9-22(34)13-21(30)7-8-23-24-12-20(27(26(36)17-33)31(24,2)14-25(35)28(23)30)16-32(38)15-18-5-4-6-19(11-18)29(37)39-3/h4-6,9-11,13,20,23-25,27-28,33,35,38H,7-8,12,14-17H2,1-3H3. The van der Waals surface area contributed by atoms with E-state index in [0.717, 1.165) is 24.0 Å². The van der Waals surface area contributed by atoms with Crippen molar-refractivity contribution in [2.45, 2.75) is 52.2 Å². The predicted molar refractivity (Wildman–Crippen MR) is 142 cm³/mol. The molecule has 39 heavy (non-hydrogen) atoms. The number of esters is 1. The number of carbonyl (C=O) groups is 3. The maximum atomic E-state index is 13.2. The highest BCUT2D eigenvalue weighted by molar-refractivity contribution is 6.01. The first-order valence-corrected chi connectivity index (χ1v) is 13.9. The molecular weight excluding hydrogens is 498 g/mol. The Morgan fingerprint density at radius 3 is 2.72 bits per heavy atom. The Kier molecular flexibility index (Phi) is 7.44. The van der Waals surface area contributed by atoms with E-state index >= 15 is 0 Å². The highest BCUT2D eigenvalue weighted by Crippen LogP contribution is 2.67. The molecule has 0 aromatic heterocycles. The van der Waals surface area contributed by atoms with E-state index in [1.165, 1.54) is 12.2 Å². The van der Waals surface area contributed by atoms with E-state index in [2.05, 4.69) is 13.8 Å². The summed E-state index contributed by atoms with van der Waals surface area (Å²) in [4.78, 5) is 37.2. The van der Waals surface area contributed by atoms with Gasteiger partial charge in [0.15, 0.2) is 11.6 Å². The van der Waals surface area contributed by atoms with Gasteiger partial charge in [-0.1, -0.05) is 37.6 Å². The van der Waals surface area contributed by atoms with Crippen LogP contribution < -0.4 is 0 Å². The summed E-state index contributed by atoms with van der Waals surface area (Å²) in [5, 5.41) is 33.7. The number of rotatable bonds is 7. The van der Waals surface area contributed by atoms with Crippen LogP contribution in [0.25, 0.3) is 0 Å². The number of Topliss-reactive ketones (excluding diaryl/α,β-unsaturated/α-hetero) is 1. The van der Waals surface area contributed by atoms with E-state index in [1.807, 2.05) is 12.1 Å². The Balaban J connectivity index is 1.40. The summed E-state index contributed by atoms with van der Waals surface area (Å²) < 4.78 is 4.80. The third-order valence-electron chi connectivity index (χ3n) is 10.3. The molecule has 0 bridgehead atoms. The van der Waals surface area contributed by atoms with Crippen LogP contribution in [0.15, 0.2) is 48.1 Å². The van der Waals surface area contributed by atoms with E-state index in [9.17, 15) is 29.8 Å². The molecule has 0 saturated heterocycles. The molecule has 0 amide bonds. The van der Waals surface area contributed by atoms with Crippen molar-refractivity contribution in [3.05, 3.63) is 59.2 Å². The molecule has 4 aliphatic carbocycles. The molecule has 8 heteroatoms. The van der Waals surface area contributed by atoms with Crippen molar-refractivity contribution in [1.82, 2.24) is 5.06 Å². The van der Waals surface area contributed by atoms with Gasteiger partial charge in [0.05, 0.1) is 18.8 Å². The van der Waals surface area contributed by atoms with Gasteiger partial charge in [-0.05, 0) is 78.7 Å². The second-order valence-corrected chi connectivity index (χ2v) is 12.4. The van der Waals surface area contributed by atoms with E-state index < -0.39 is 35.4 Å². The molecule has 4 aliphatic rings. The number of aliphatic hydroxyl groups excluding tert-OH is 2. The number of carbonyl (C=O) groups excluding carboxylic acids is 3. The Morgan fingerprint density at radius 1 is 1.23 bits per heavy atom. The molecule has 0 spiro atoms. The van der Waals surface area contributed by atoms with Crippen molar-refractivity contribution in [3.8, 4) is 0 Å². The second kappa shape index (κ2) is 10.4. The number of ketones is 2. The molecule has 8 unspecified atom stereocenters. The number of hydroxylamine groups is 2. The number of hydrogen-bond donors (Lipinski definition) is 3. The lowest BCUT2D eigenvalue weighted by Gasteiger charge is -2.58. The number of aliphatic hydroxyl groups is 2. The van der Waals surface area contributed by atoms with Gasteiger partial charge in [0, 0.05) is 30.3 Å². The van der Waals surface area contributed by atoms with Gasteiger partial charge >= 0.3 is 5.97 Å². The lowest BCUT2D eigenvalue weighted by Crippen LogP contribution is -2.56. The van der Waals surface area contributed by atoms with Crippen LogP contribution in [0.5, 0.6) is 0 Å². The summed E-state index contributed by atoms with van der Waals surface area (Å²) in [5.74, 6) is -1.17. The Bertz CT molecular complexity index is 1220. The van der Waals surface area contributed by atoms with Crippen molar-refractivity contribution in [3.63, 3.8) is 0 Å². The quantitative estimate of drug-likeness (QED) is 0.357. The molecule has 0 radical (unpaired) electrons. The Labute approximate surface area is 229 Å². The van der Waals surface area contributed by atoms with Gasteiger partial charge in [-0.15, -0.1) is 0 Å². The maximum Gasteiger partial charge on any atom is 0.337 e. The fourth-order valence-corrected chi connectivity index (χ4v) is 8.88. The third-order valence-corrected chi connectivity index (χ3v) is 10.3. The highest BCUT2D eigenvalue weighted by Gasteiger charge is 2.64. The normalized spacial score (nSPS) is 37.1. The number of hydrogen-bond acceptors (Lipinski definition) is 8. The average Bonchev–Trinajstić information content (AvgIpc) is 3.18. The lowest BCUT2D eigenvalue weighted by molar-refractivity contribution is -0.146. The second-order valence-electron chi connectivity index (χ2n) is 12.4. The number of allylic oxidation sites excluding steroid dienone is 4. The van der Waals surface area contributed by atoms with Crippen LogP contribution in [0.2, 0.25) is 0 Å². The third kappa shape index (κ3) is 4.71. The molecule has 210 valence electrons. The van der Waals surface area contributed by atoms with Crippen LogP contribution in [-0.2, 0) is 20.9 Å². The zero-order valence-electron chi connectivity index (χ0n) is 22.9. The van der Waals surface area contributed by atoms with Crippen molar-refractivity contribution in [1.29, 1.82) is 0 Å². The van der Waals surface area contributed by atoms with Crippen LogP contribution in [0.3, 0.4) is 0 Å². The lowest BCUT2D eigenvalue weighted by atomic mass is 9.46. The smallest absolute Gasteiger partial charge is 0.337 e. The Morgan fingerprint density at radius 2 is 2.00 bits per heavy atom. The summed E-state index contributed by atoms with van der Waals surface area (Å²) in [5.41, 5.74) is 1.30. The summed E-state index contributed by atoms with van der Waals surface area (Å²) in [6.07, 6.45) is 7.40. The molecule has 3 fully saturated rings. The molecule has 8 atom stereocenters. The number of benzene rings is 1. The van der Waals surface area contributed by atoms with Crippen molar-refractivity contribution in [2.75, 3.05) is 20.3 Å². The number of ether oxygens (including phenoxy) is 1. The number of nitrogens with zero attached hydrogens (tertiary/aromatic N) is 1. The summed E-state index contributed by atoms with van der Waals surface area (Å²) >= 11 is 0. The zero-order chi connectivity index (χ0) is 28.1. The van der Waals surface area contributed by atoms with Crippen LogP contribution in [-0.4, -0.2) is 64.4 Å². The minimum Gasteiger partial charge on any atom is -0.465 e. The molecule has 3 N–H and O–H groups in total. The minimum absolute atomic E-state index is 0.00856. The van der Waals surface area contributed by atoms with Gasteiger partial charge in [-0.25, -0.2) is 4.79 Å². The van der Waals surface area contributed by atoms with Crippen LogP contribution in [0.4, 0.5) is 0 Å². The molecule has 5 rings (SSSR count). The summed E-state index contributed by atoms with van der Waals surface area (Å²) in [7, 11) is 1.32. The van der Waals surface area contributed by atoms with Gasteiger partial charge in [0.25, 0.3) is 0 Å². The number of fused-ring (bicyclic) bond motifs is 5. The highest BCUT2D eigenvalue weighted by atomic mass is 16.5. The van der Waals surface area contributed by atoms with E-state index in [-0.39, 0.29) is 48.3 Å². The Hall–Kier alpha value is -2.65. The van der Waals surface area contributed by atoms with Crippen molar-refractivity contribution >= 4 is 17.5 Å². The van der Waals surface area contributed by atoms with E-state index in [1.54, 1.807) is 30.4 Å². The minimum atomic E-state index is -0.651. The average molecular weight is 538 g/mol. The molecule has 3 saturated carbocycles. The SMILES string of the molecule is COC(=O)c1cccc(CN(O)CC2CC3C4CCC5=CC(=O)C=CC5(C)C4C(O)CC3(C)C2C(=O)CO)c1. The molecule has 0 heterocycles. The van der Waals surface area contributed by atoms with E-state index in [4.69, 9.17) is 4.74 Å². The first-order chi connectivity index (χ1) is 18.5. The van der Waals surface area contributed by atoms with Crippen LogP contribution in [0.1, 0.15) is 55.5 Å². The molecule has 1 aromatic rings. The van der Waals surface area contributed by atoms with Gasteiger partial charge in [0.1, 0.15) is 6.61 Å². The fourth-order valence-electron chi connectivity index (χ4n) is 8.88. The molecule has 8 nitrogen and oxygen atoms in total. The topological polar surface area (TPSA) is 124 Å². The molecular formula is C31H39NO7. The molecule has 0 aliphatic heterocycles. The fraction of sp³-hybridized carbons (Fsp3) is 0.581. The van der Waals surface area contributed by atoms with Gasteiger partial charge in [-0.3, -0.25) is 9.59 Å². The first-order valence-electron chi connectivity index (χ1n) is 13.9. The number of methoxy groups -OCH3 is 1. The van der Waals surface area contributed by atoms with Crippen molar-refractivity contribution < 1.29 is 34.5 Å². The van der Waals surface area contributed by atoms with Crippen molar-refractivity contribution in [2.24, 2.45) is 40.4 Å². The predicted octanol–water partition coefficient (Wildman–Crippen LogP) is 3.35. The van der Waals surface area contributed by atoms with Gasteiger partial charge in [0.2, 0.25) is 0 Å². The van der Waals surface area contributed by atoms with Gasteiger partial charge in [-0.2, -0.15) is 5.06 Å². The molecule has 1 aromatic carbocycles.